The van der Waals surface area contributed by atoms with E-state index in [1.54, 1.807) is 10.9 Å². The lowest BCUT2D eigenvalue weighted by Gasteiger charge is -2.05. The number of anilines is 1. The third-order valence-corrected chi connectivity index (χ3v) is 3.99. The molecule has 0 aromatic carbocycles. The number of pyridine rings is 1. The number of nitrogen functional groups attached to an aromatic ring is 1. The van der Waals surface area contributed by atoms with Crippen LogP contribution in [0.2, 0.25) is 0 Å². The van der Waals surface area contributed by atoms with E-state index in [0.29, 0.717) is 22.1 Å². The number of fused-ring (bicyclic) bond motifs is 2. The molecular formula is C15H18F3N5O. The standard InChI is InChI=1S/C15H18F3N5O/c1-2-3-4-5-23-13-9(6-20-23)12(19)11-10(21-13)7-22(14(11)24)8-15(16,17)18/h6-7,20H,2-5,8,19H2,1H3. The summed E-state index contributed by atoms with van der Waals surface area (Å²) in [5.41, 5.74) is 6.14. The molecule has 3 N–H and O–H groups in total. The maximum atomic E-state index is 12.6. The van der Waals surface area contributed by atoms with Crippen LogP contribution in [-0.4, -0.2) is 25.5 Å². The molecule has 0 spiro atoms. The summed E-state index contributed by atoms with van der Waals surface area (Å²) in [6.07, 6.45) is 1.33. The highest BCUT2D eigenvalue weighted by atomic mass is 19.4. The smallest absolute Gasteiger partial charge is 0.397 e. The molecule has 0 radical (unpaired) electrons. The van der Waals surface area contributed by atoms with Gasteiger partial charge in [-0.15, -0.1) is 0 Å². The van der Waals surface area contributed by atoms with Crippen LogP contribution in [0.3, 0.4) is 0 Å². The van der Waals surface area contributed by atoms with Crippen molar-refractivity contribution in [1.82, 2.24) is 19.3 Å². The van der Waals surface area contributed by atoms with Gasteiger partial charge in [-0.3, -0.25) is 9.48 Å². The van der Waals surface area contributed by atoms with Gasteiger partial charge in [0.15, 0.2) is 5.65 Å². The van der Waals surface area contributed by atoms with Crippen molar-refractivity contribution in [2.45, 2.75) is 45.5 Å². The lowest BCUT2D eigenvalue weighted by atomic mass is 10.2. The summed E-state index contributed by atoms with van der Waals surface area (Å²) < 4.78 is 40.2. The largest absolute Gasteiger partial charge is 0.406 e. The van der Waals surface area contributed by atoms with E-state index in [0.717, 1.165) is 25.5 Å². The Morgan fingerprint density at radius 1 is 1.33 bits per heavy atom. The van der Waals surface area contributed by atoms with Crippen molar-refractivity contribution in [2.75, 3.05) is 5.73 Å². The van der Waals surface area contributed by atoms with Crippen molar-refractivity contribution in [3.63, 3.8) is 0 Å². The molecule has 3 rings (SSSR count). The topological polar surface area (TPSA) is 81.6 Å². The number of nitrogens with two attached hydrogens (primary N) is 1. The second kappa shape index (κ2) is 5.88. The van der Waals surface area contributed by atoms with Crippen LogP contribution >= 0.6 is 0 Å². The summed E-state index contributed by atoms with van der Waals surface area (Å²) in [4.78, 5) is 16.6. The first-order valence-corrected chi connectivity index (χ1v) is 7.75. The summed E-state index contributed by atoms with van der Waals surface area (Å²) in [7, 11) is 0. The molecule has 0 unspecified atom stereocenters. The number of aromatic nitrogens is 4. The van der Waals surface area contributed by atoms with Crippen LogP contribution in [0.1, 0.15) is 26.2 Å². The zero-order chi connectivity index (χ0) is 17.5. The van der Waals surface area contributed by atoms with Crippen molar-refractivity contribution in [2.24, 2.45) is 0 Å². The van der Waals surface area contributed by atoms with Gasteiger partial charge in [0.25, 0.3) is 5.56 Å². The van der Waals surface area contributed by atoms with E-state index in [1.165, 1.54) is 0 Å². The van der Waals surface area contributed by atoms with Crippen molar-refractivity contribution < 1.29 is 13.2 Å². The fourth-order valence-corrected chi connectivity index (χ4v) is 2.84. The minimum Gasteiger partial charge on any atom is -0.397 e. The summed E-state index contributed by atoms with van der Waals surface area (Å²) in [5, 5.41) is 3.61. The summed E-state index contributed by atoms with van der Waals surface area (Å²) in [6, 6.07) is 0. The van der Waals surface area contributed by atoms with Gasteiger partial charge in [0, 0.05) is 18.9 Å². The molecular weight excluding hydrogens is 323 g/mol. The zero-order valence-corrected chi connectivity index (χ0v) is 13.2. The third kappa shape index (κ3) is 2.85. The van der Waals surface area contributed by atoms with Gasteiger partial charge in [0.1, 0.15) is 6.54 Å². The highest BCUT2D eigenvalue weighted by molar-refractivity contribution is 6.05. The molecule has 0 aliphatic rings. The van der Waals surface area contributed by atoms with Crippen LogP contribution in [0.25, 0.3) is 21.9 Å². The molecule has 24 heavy (non-hydrogen) atoms. The number of aryl methyl sites for hydroxylation is 1. The number of aromatic amines is 1. The molecule has 130 valence electrons. The van der Waals surface area contributed by atoms with Crippen LogP contribution < -0.4 is 11.3 Å². The number of halogens is 3. The molecule has 3 aromatic heterocycles. The SMILES string of the molecule is CCCCCn1[nH]cc2c(N)c3c(=O)n(CC(F)(F)F)cc3nc21. The molecule has 0 atom stereocenters. The molecule has 3 aromatic rings. The molecule has 0 bridgehead atoms. The van der Waals surface area contributed by atoms with E-state index in [-0.39, 0.29) is 16.6 Å². The molecule has 0 saturated carbocycles. The van der Waals surface area contributed by atoms with Crippen molar-refractivity contribution in [1.29, 1.82) is 0 Å². The number of H-pyrrole nitrogens is 1. The lowest BCUT2D eigenvalue weighted by molar-refractivity contribution is -0.140. The van der Waals surface area contributed by atoms with E-state index in [2.05, 4.69) is 17.0 Å². The first-order chi connectivity index (χ1) is 11.3. The predicted octanol–water partition coefficient (Wildman–Crippen LogP) is 3.01. The number of nitrogens with one attached hydrogen (secondary N) is 1. The van der Waals surface area contributed by atoms with Gasteiger partial charge in [-0.05, 0) is 6.42 Å². The number of hydrogen-bond acceptors (Lipinski definition) is 3. The Morgan fingerprint density at radius 2 is 2.08 bits per heavy atom. The van der Waals surface area contributed by atoms with Gasteiger partial charge in [-0.2, -0.15) is 13.2 Å². The van der Waals surface area contributed by atoms with Gasteiger partial charge in [0.2, 0.25) is 0 Å². The molecule has 0 aliphatic carbocycles. The van der Waals surface area contributed by atoms with E-state index in [4.69, 9.17) is 5.73 Å². The van der Waals surface area contributed by atoms with Crippen LogP contribution in [-0.2, 0) is 13.1 Å². The molecule has 0 saturated heterocycles. The Hall–Kier alpha value is -2.45. The molecule has 0 fully saturated rings. The number of alkyl halides is 3. The Morgan fingerprint density at radius 3 is 2.75 bits per heavy atom. The quantitative estimate of drug-likeness (QED) is 0.700. The maximum absolute atomic E-state index is 12.6. The van der Waals surface area contributed by atoms with Gasteiger partial charge < -0.3 is 15.4 Å². The average Bonchev–Trinajstić information content (AvgIpc) is 3.01. The van der Waals surface area contributed by atoms with E-state index in [1.807, 2.05) is 0 Å². The van der Waals surface area contributed by atoms with Gasteiger partial charge in [0.05, 0.1) is 22.0 Å². The first kappa shape index (κ1) is 16.4. The van der Waals surface area contributed by atoms with Crippen LogP contribution in [0.15, 0.2) is 17.2 Å². The number of hydrogen-bond donors (Lipinski definition) is 2. The second-order valence-corrected chi connectivity index (χ2v) is 5.83. The average molecular weight is 341 g/mol. The predicted molar refractivity (Wildman–Crippen MR) is 85.8 cm³/mol. The Balaban J connectivity index is 2.12. The van der Waals surface area contributed by atoms with Crippen LogP contribution in [0.5, 0.6) is 0 Å². The first-order valence-electron chi connectivity index (χ1n) is 7.75. The molecule has 6 nitrogen and oxygen atoms in total. The Bertz CT molecular complexity index is 935. The fourth-order valence-electron chi connectivity index (χ4n) is 2.84. The summed E-state index contributed by atoms with van der Waals surface area (Å²) in [5.74, 6) is 0. The monoisotopic (exact) mass is 341 g/mol. The normalized spacial score (nSPS) is 12.5. The van der Waals surface area contributed by atoms with Crippen LogP contribution in [0, 0.1) is 0 Å². The Labute approximate surface area is 135 Å². The molecule has 0 aliphatic heterocycles. The van der Waals surface area contributed by atoms with Crippen LogP contribution in [0.4, 0.5) is 18.9 Å². The van der Waals surface area contributed by atoms with Crippen molar-refractivity contribution in [3.05, 3.63) is 22.7 Å². The second-order valence-electron chi connectivity index (χ2n) is 5.83. The van der Waals surface area contributed by atoms with Gasteiger partial charge in [-0.1, -0.05) is 19.8 Å². The Kier molecular flexibility index (Phi) is 4.02. The van der Waals surface area contributed by atoms with E-state index >= 15 is 0 Å². The van der Waals surface area contributed by atoms with E-state index in [9.17, 15) is 18.0 Å². The number of nitrogens with zero attached hydrogens (tertiary/aromatic N) is 3. The van der Waals surface area contributed by atoms with Crippen molar-refractivity contribution in [3.8, 4) is 0 Å². The minimum absolute atomic E-state index is 0.0338. The molecule has 3 heterocycles. The van der Waals surface area contributed by atoms with Gasteiger partial charge >= 0.3 is 6.18 Å². The summed E-state index contributed by atoms with van der Waals surface area (Å²) in [6.45, 7) is 1.44. The summed E-state index contributed by atoms with van der Waals surface area (Å²) >= 11 is 0. The number of rotatable bonds is 5. The highest BCUT2D eigenvalue weighted by Crippen LogP contribution is 2.27. The zero-order valence-electron chi connectivity index (χ0n) is 13.2. The fraction of sp³-hybridized carbons (Fsp3) is 0.467. The highest BCUT2D eigenvalue weighted by Gasteiger charge is 2.30. The van der Waals surface area contributed by atoms with Crippen molar-refractivity contribution >= 4 is 27.6 Å². The third-order valence-electron chi connectivity index (χ3n) is 3.99. The molecule has 0 amide bonds. The van der Waals surface area contributed by atoms with Gasteiger partial charge in [-0.25, -0.2) is 4.98 Å². The molecule has 9 heteroatoms. The maximum Gasteiger partial charge on any atom is 0.406 e. The lowest BCUT2D eigenvalue weighted by Crippen LogP contribution is -2.24. The van der Waals surface area contributed by atoms with E-state index < -0.39 is 18.3 Å². The minimum atomic E-state index is -4.48. The number of unbranched alkanes of at least 4 members (excludes halogenated alkanes) is 2.